The number of hydrogen-bond donors (Lipinski definition) is 0. The maximum atomic E-state index is 13.2. The third-order valence-corrected chi connectivity index (χ3v) is 4.15. The van der Waals surface area contributed by atoms with E-state index in [4.69, 9.17) is 4.42 Å². The first-order valence-corrected chi connectivity index (χ1v) is 8.52. The van der Waals surface area contributed by atoms with Crippen molar-refractivity contribution in [1.82, 2.24) is 4.68 Å². The number of nitrogens with zero attached hydrogens (tertiary/aromatic N) is 3. The molecule has 0 spiro atoms. The summed E-state index contributed by atoms with van der Waals surface area (Å²) in [6, 6.07) is 10.2. The normalized spacial score (nSPS) is 13.0. The van der Waals surface area contributed by atoms with Crippen LogP contribution in [0.3, 0.4) is 0 Å². The highest BCUT2D eigenvalue weighted by atomic mass is 32.1. The van der Waals surface area contributed by atoms with Crippen LogP contribution in [0.1, 0.15) is 26.5 Å². The lowest BCUT2D eigenvalue weighted by molar-refractivity contribution is 0.556. The molecule has 24 heavy (non-hydrogen) atoms. The van der Waals surface area contributed by atoms with Crippen LogP contribution >= 0.6 is 11.3 Å². The van der Waals surface area contributed by atoms with E-state index in [0.29, 0.717) is 5.76 Å². The number of furan rings is 1. The molecule has 4 nitrogen and oxygen atoms in total. The smallest absolute Gasteiger partial charge is 0.206 e. The van der Waals surface area contributed by atoms with Crippen molar-refractivity contribution < 1.29 is 8.81 Å². The lowest BCUT2D eigenvalue weighted by Gasteiger charge is -2.05. The fraction of sp³-hybridized carbons (Fsp3) is 0.222. The highest BCUT2D eigenvalue weighted by Crippen LogP contribution is 2.21. The number of benzene rings is 1. The third-order valence-electron chi connectivity index (χ3n) is 3.32. The summed E-state index contributed by atoms with van der Waals surface area (Å²) in [5.74, 6) is 0.442. The van der Waals surface area contributed by atoms with E-state index in [0.717, 1.165) is 21.8 Å². The molecule has 0 saturated heterocycles. The van der Waals surface area contributed by atoms with Gasteiger partial charge >= 0.3 is 0 Å². The first-order valence-electron chi connectivity index (χ1n) is 7.64. The van der Waals surface area contributed by atoms with Gasteiger partial charge in [0, 0.05) is 17.0 Å². The summed E-state index contributed by atoms with van der Waals surface area (Å²) >= 11 is 1.51. The number of thiazole rings is 1. The Labute approximate surface area is 143 Å². The van der Waals surface area contributed by atoms with Gasteiger partial charge in [-0.3, -0.25) is 4.99 Å². The molecule has 0 aliphatic heterocycles. The van der Waals surface area contributed by atoms with Crippen LogP contribution in [-0.4, -0.2) is 16.4 Å². The Morgan fingerprint density at radius 3 is 2.58 bits per heavy atom. The van der Waals surface area contributed by atoms with Crippen molar-refractivity contribution in [3.63, 3.8) is 0 Å². The molecule has 0 atom stereocenters. The molecule has 0 radical (unpaired) electrons. The molecule has 0 saturated carbocycles. The Morgan fingerprint density at radius 2 is 1.96 bits per heavy atom. The van der Waals surface area contributed by atoms with Gasteiger partial charge in [-0.15, -0.1) is 11.3 Å². The zero-order valence-electron chi connectivity index (χ0n) is 13.7. The fourth-order valence-electron chi connectivity index (χ4n) is 2.21. The topological polar surface area (TPSA) is 42.8 Å². The predicted molar refractivity (Wildman–Crippen MR) is 94.7 cm³/mol. The summed E-state index contributed by atoms with van der Waals surface area (Å²) in [5, 5.41) is 6.66. The second-order valence-electron chi connectivity index (χ2n) is 5.61. The van der Waals surface area contributed by atoms with E-state index in [1.807, 2.05) is 38.3 Å². The van der Waals surface area contributed by atoms with Gasteiger partial charge in [-0.2, -0.15) is 5.10 Å². The van der Waals surface area contributed by atoms with Crippen molar-refractivity contribution in [2.75, 3.05) is 0 Å². The van der Waals surface area contributed by atoms with Crippen molar-refractivity contribution in [2.24, 2.45) is 10.1 Å². The molecule has 0 amide bonds. The van der Waals surface area contributed by atoms with Gasteiger partial charge in [0.2, 0.25) is 4.80 Å². The van der Waals surface area contributed by atoms with Gasteiger partial charge in [0.15, 0.2) is 0 Å². The van der Waals surface area contributed by atoms with Gasteiger partial charge in [0.05, 0.1) is 12.0 Å². The minimum absolute atomic E-state index is 0.148. The molecule has 3 rings (SSSR count). The molecule has 0 aliphatic rings. The van der Waals surface area contributed by atoms with E-state index < -0.39 is 0 Å². The molecule has 2 heterocycles. The van der Waals surface area contributed by atoms with Crippen LogP contribution in [0, 0.1) is 5.82 Å². The lowest BCUT2D eigenvalue weighted by atomic mass is 10.2. The first-order chi connectivity index (χ1) is 11.5. The standard InChI is InChI=1S/C18H18FN3OS/c1-12(2)20-18-22(21-13(3)17-5-4-10-23-17)16(11-24-18)14-6-8-15(19)9-7-14/h4-12H,1-3H3. The number of halogens is 1. The van der Waals surface area contributed by atoms with Crippen molar-refractivity contribution in [2.45, 2.75) is 26.8 Å². The molecule has 3 aromatic rings. The van der Waals surface area contributed by atoms with Gasteiger partial charge in [-0.05, 0) is 57.2 Å². The number of rotatable bonds is 4. The van der Waals surface area contributed by atoms with Crippen molar-refractivity contribution in [3.8, 4) is 11.3 Å². The average molecular weight is 343 g/mol. The Bertz CT molecular complexity index is 903. The summed E-state index contributed by atoms with van der Waals surface area (Å²) in [7, 11) is 0. The van der Waals surface area contributed by atoms with Gasteiger partial charge in [-0.25, -0.2) is 9.07 Å². The third kappa shape index (κ3) is 3.54. The molecule has 0 unspecified atom stereocenters. The average Bonchev–Trinajstić information content (AvgIpc) is 3.19. The van der Waals surface area contributed by atoms with E-state index in [1.165, 1.54) is 23.5 Å². The Kier molecular flexibility index (Phi) is 4.76. The van der Waals surface area contributed by atoms with Gasteiger partial charge in [0.1, 0.15) is 17.3 Å². The summed E-state index contributed by atoms with van der Waals surface area (Å²) in [4.78, 5) is 5.41. The molecular formula is C18H18FN3OS. The summed E-state index contributed by atoms with van der Waals surface area (Å²) in [6.07, 6.45) is 1.62. The Hall–Kier alpha value is -2.47. The Balaban J connectivity index is 2.16. The number of hydrogen-bond acceptors (Lipinski definition) is 4. The first kappa shape index (κ1) is 16.4. The quantitative estimate of drug-likeness (QED) is 0.642. The van der Waals surface area contributed by atoms with Crippen LogP contribution in [0.15, 0.2) is 62.6 Å². The lowest BCUT2D eigenvalue weighted by Crippen LogP contribution is -2.16. The van der Waals surface area contributed by atoms with Crippen molar-refractivity contribution >= 4 is 17.0 Å². The van der Waals surface area contributed by atoms with Crippen LogP contribution in [0.4, 0.5) is 4.39 Å². The minimum atomic E-state index is -0.261. The van der Waals surface area contributed by atoms with Crippen LogP contribution in [0.25, 0.3) is 11.3 Å². The van der Waals surface area contributed by atoms with Gasteiger partial charge in [0.25, 0.3) is 0 Å². The predicted octanol–water partition coefficient (Wildman–Crippen LogP) is 4.53. The van der Waals surface area contributed by atoms with Crippen LogP contribution in [0.5, 0.6) is 0 Å². The van der Waals surface area contributed by atoms with E-state index in [2.05, 4.69) is 10.1 Å². The SMILES string of the molecule is CC(=Nn1c(-c2ccc(F)cc2)csc1=NC(C)C)c1ccco1. The zero-order valence-corrected chi connectivity index (χ0v) is 14.5. The largest absolute Gasteiger partial charge is 0.463 e. The molecule has 0 N–H and O–H groups in total. The zero-order chi connectivity index (χ0) is 17.1. The van der Waals surface area contributed by atoms with E-state index in [-0.39, 0.29) is 11.9 Å². The summed E-state index contributed by atoms with van der Waals surface area (Å²) < 4.78 is 20.4. The second-order valence-corrected chi connectivity index (χ2v) is 6.44. The van der Waals surface area contributed by atoms with Gasteiger partial charge in [-0.1, -0.05) is 0 Å². The Morgan fingerprint density at radius 1 is 1.21 bits per heavy atom. The molecule has 1 aromatic carbocycles. The van der Waals surface area contributed by atoms with Crippen molar-refractivity contribution in [3.05, 3.63) is 64.4 Å². The molecule has 124 valence electrons. The van der Waals surface area contributed by atoms with E-state index >= 15 is 0 Å². The number of aromatic nitrogens is 1. The summed E-state index contributed by atoms with van der Waals surface area (Å²) in [6.45, 7) is 5.92. The second kappa shape index (κ2) is 6.97. The highest BCUT2D eigenvalue weighted by molar-refractivity contribution is 7.07. The van der Waals surface area contributed by atoms with Crippen LogP contribution in [0.2, 0.25) is 0 Å². The maximum Gasteiger partial charge on any atom is 0.206 e. The van der Waals surface area contributed by atoms with E-state index in [9.17, 15) is 4.39 Å². The summed E-state index contributed by atoms with van der Waals surface area (Å²) in [5.41, 5.74) is 2.49. The molecule has 0 bridgehead atoms. The van der Waals surface area contributed by atoms with Crippen LogP contribution in [-0.2, 0) is 0 Å². The maximum absolute atomic E-state index is 13.2. The highest BCUT2D eigenvalue weighted by Gasteiger charge is 2.10. The molecular weight excluding hydrogens is 325 g/mol. The minimum Gasteiger partial charge on any atom is -0.463 e. The molecule has 0 fully saturated rings. The van der Waals surface area contributed by atoms with Crippen LogP contribution < -0.4 is 4.80 Å². The fourth-order valence-corrected chi connectivity index (χ4v) is 3.17. The molecule has 6 heteroatoms. The van der Waals surface area contributed by atoms with E-state index in [1.54, 1.807) is 23.1 Å². The molecule has 0 aliphatic carbocycles. The van der Waals surface area contributed by atoms with Crippen molar-refractivity contribution in [1.29, 1.82) is 0 Å². The molecule has 2 aromatic heterocycles. The monoisotopic (exact) mass is 343 g/mol. The van der Waals surface area contributed by atoms with Gasteiger partial charge < -0.3 is 4.42 Å².